The predicted molar refractivity (Wildman–Crippen MR) is 89.5 cm³/mol. The summed E-state index contributed by atoms with van der Waals surface area (Å²) in [5, 5.41) is 2.55. The van der Waals surface area contributed by atoms with E-state index in [2.05, 4.69) is 53.5 Å². The molecule has 0 aliphatic carbocycles. The van der Waals surface area contributed by atoms with Crippen molar-refractivity contribution in [3.05, 3.63) is 77.9 Å². The van der Waals surface area contributed by atoms with Crippen LogP contribution in [0.2, 0.25) is 0 Å². The number of H-pyrrole nitrogens is 1. The zero-order valence-electron chi connectivity index (χ0n) is 11.6. The molecule has 0 unspecified atom stereocenters. The van der Waals surface area contributed by atoms with Gasteiger partial charge < -0.3 is 10.7 Å². The molecule has 0 saturated heterocycles. The Hall–Kier alpha value is -2.74. The SMILES string of the molecule is Nc1ccccc1Cc1cccc2c1[nH]c1ccccc12. The normalized spacial score (nSPS) is 11.2. The van der Waals surface area contributed by atoms with Gasteiger partial charge in [-0.3, -0.25) is 0 Å². The molecule has 0 amide bonds. The molecule has 0 saturated carbocycles. The molecule has 0 fully saturated rings. The van der Waals surface area contributed by atoms with E-state index in [1.54, 1.807) is 0 Å². The number of hydrogen-bond donors (Lipinski definition) is 2. The highest BCUT2D eigenvalue weighted by Gasteiger charge is 2.08. The van der Waals surface area contributed by atoms with Crippen LogP contribution in [0.1, 0.15) is 11.1 Å². The third-order valence-corrected chi connectivity index (χ3v) is 4.06. The molecule has 0 spiro atoms. The summed E-state index contributed by atoms with van der Waals surface area (Å²) in [6, 6.07) is 23.0. The molecule has 1 aromatic heterocycles. The summed E-state index contributed by atoms with van der Waals surface area (Å²) in [5.74, 6) is 0. The number of aromatic amines is 1. The summed E-state index contributed by atoms with van der Waals surface area (Å²) in [4.78, 5) is 3.55. The van der Waals surface area contributed by atoms with Crippen LogP contribution >= 0.6 is 0 Å². The molecule has 21 heavy (non-hydrogen) atoms. The Balaban J connectivity index is 1.91. The number of rotatable bonds is 2. The largest absolute Gasteiger partial charge is 0.398 e. The van der Waals surface area contributed by atoms with Gasteiger partial charge in [0.15, 0.2) is 0 Å². The lowest BCUT2D eigenvalue weighted by atomic mass is 10.0. The van der Waals surface area contributed by atoms with Gasteiger partial charge in [0, 0.05) is 28.4 Å². The molecule has 0 aliphatic heterocycles. The van der Waals surface area contributed by atoms with Gasteiger partial charge in [-0.1, -0.05) is 54.6 Å². The first-order chi connectivity index (χ1) is 10.3. The van der Waals surface area contributed by atoms with Gasteiger partial charge in [0.1, 0.15) is 0 Å². The van der Waals surface area contributed by atoms with Gasteiger partial charge in [0.2, 0.25) is 0 Å². The van der Waals surface area contributed by atoms with Crippen LogP contribution in [0.5, 0.6) is 0 Å². The van der Waals surface area contributed by atoms with E-state index in [4.69, 9.17) is 5.73 Å². The Kier molecular flexibility index (Phi) is 2.68. The Bertz CT molecular complexity index is 935. The van der Waals surface area contributed by atoms with Gasteiger partial charge in [0.25, 0.3) is 0 Å². The summed E-state index contributed by atoms with van der Waals surface area (Å²) in [6.07, 6.45) is 0.844. The van der Waals surface area contributed by atoms with Crippen LogP contribution < -0.4 is 5.73 Å². The fraction of sp³-hybridized carbons (Fsp3) is 0.0526. The summed E-state index contributed by atoms with van der Waals surface area (Å²) in [6.45, 7) is 0. The number of nitrogens with two attached hydrogens (primary N) is 1. The molecule has 0 atom stereocenters. The minimum Gasteiger partial charge on any atom is -0.398 e. The van der Waals surface area contributed by atoms with Gasteiger partial charge >= 0.3 is 0 Å². The van der Waals surface area contributed by atoms with Crippen molar-refractivity contribution in [1.29, 1.82) is 0 Å². The van der Waals surface area contributed by atoms with Crippen molar-refractivity contribution >= 4 is 27.5 Å². The number of aromatic nitrogens is 1. The molecule has 2 nitrogen and oxygen atoms in total. The van der Waals surface area contributed by atoms with E-state index in [1.165, 1.54) is 32.9 Å². The van der Waals surface area contributed by atoms with E-state index in [-0.39, 0.29) is 0 Å². The quantitative estimate of drug-likeness (QED) is 0.518. The van der Waals surface area contributed by atoms with Gasteiger partial charge in [0.05, 0.1) is 5.52 Å². The van der Waals surface area contributed by atoms with E-state index in [0.717, 1.165) is 12.1 Å². The number of nitrogens with one attached hydrogen (secondary N) is 1. The fourth-order valence-electron chi connectivity index (χ4n) is 2.98. The lowest BCUT2D eigenvalue weighted by Gasteiger charge is -2.06. The van der Waals surface area contributed by atoms with Crippen molar-refractivity contribution in [2.24, 2.45) is 0 Å². The lowest BCUT2D eigenvalue weighted by molar-refractivity contribution is 1.21. The highest BCUT2D eigenvalue weighted by molar-refractivity contribution is 6.08. The lowest BCUT2D eigenvalue weighted by Crippen LogP contribution is -1.95. The summed E-state index contributed by atoms with van der Waals surface area (Å²) in [7, 11) is 0. The van der Waals surface area contributed by atoms with Crippen LogP contribution in [-0.4, -0.2) is 4.98 Å². The highest BCUT2D eigenvalue weighted by atomic mass is 14.7. The van der Waals surface area contributed by atoms with E-state index in [9.17, 15) is 0 Å². The maximum atomic E-state index is 6.08. The second-order valence-electron chi connectivity index (χ2n) is 5.39. The number of benzene rings is 3. The van der Waals surface area contributed by atoms with Gasteiger partial charge in [-0.15, -0.1) is 0 Å². The summed E-state index contributed by atoms with van der Waals surface area (Å²) in [5.41, 5.74) is 11.8. The van der Waals surface area contributed by atoms with Crippen molar-refractivity contribution in [2.45, 2.75) is 6.42 Å². The fourth-order valence-corrected chi connectivity index (χ4v) is 2.98. The van der Waals surface area contributed by atoms with Gasteiger partial charge in [-0.25, -0.2) is 0 Å². The van der Waals surface area contributed by atoms with Crippen LogP contribution in [-0.2, 0) is 6.42 Å². The topological polar surface area (TPSA) is 41.8 Å². The third-order valence-electron chi connectivity index (χ3n) is 4.06. The second kappa shape index (κ2) is 4.67. The molecule has 2 heteroatoms. The van der Waals surface area contributed by atoms with Crippen LogP contribution in [0.4, 0.5) is 5.69 Å². The zero-order valence-corrected chi connectivity index (χ0v) is 11.6. The zero-order chi connectivity index (χ0) is 14.2. The predicted octanol–water partition coefficient (Wildman–Crippen LogP) is 4.49. The van der Waals surface area contributed by atoms with Crippen molar-refractivity contribution in [2.75, 3.05) is 5.73 Å². The average Bonchev–Trinajstić information content (AvgIpc) is 2.89. The number of anilines is 1. The van der Waals surface area contributed by atoms with Crippen molar-refractivity contribution in [3.8, 4) is 0 Å². The number of nitrogen functional groups attached to an aromatic ring is 1. The molecule has 4 aromatic rings. The number of fused-ring (bicyclic) bond motifs is 3. The van der Waals surface area contributed by atoms with E-state index < -0.39 is 0 Å². The molecule has 4 rings (SSSR count). The van der Waals surface area contributed by atoms with Crippen LogP contribution in [0, 0.1) is 0 Å². The van der Waals surface area contributed by atoms with Crippen LogP contribution in [0.25, 0.3) is 21.8 Å². The first-order valence-corrected chi connectivity index (χ1v) is 7.14. The van der Waals surface area contributed by atoms with Crippen molar-refractivity contribution in [1.82, 2.24) is 4.98 Å². The first-order valence-electron chi connectivity index (χ1n) is 7.14. The summed E-state index contributed by atoms with van der Waals surface area (Å²) >= 11 is 0. The molecular formula is C19H16N2. The van der Waals surface area contributed by atoms with Crippen molar-refractivity contribution < 1.29 is 0 Å². The van der Waals surface area contributed by atoms with Crippen LogP contribution in [0.15, 0.2) is 66.7 Å². The van der Waals surface area contributed by atoms with Gasteiger partial charge in [-0.05, 0) is 23.3 Å². The first kappa shape index (κ1) is 12.0. The standard InChI is InChI=1S/C19H16N2/c20-17-10-3-1-6-13(17)12-14-7-5-9-16-15-8-2-4-11-18(15)21-19(14)16/h1-11,21H,12,20H2. The average molecular weight is 272 g/mol. The Morgan fingerprint density at radius 3 is 2.33 bits per heavy atom. The van der Waals surface area contributed by atoms with E-state index >= 15 is 0 Å². The molecule has 102 valence electrons. The Labute approximate surface area is 123 Å². The minimum absolute atomic E-state index is 0.844. The van der Waals surface area contributed by atoms with Crippen molar-refractivity contribution in [3.63, 3.8) is 0 Å². The molecule has 3 N–H and O–H groups in total. The number of para-hydroxylation sites is 3. The molecular weight excluding hydrogens is 256 g/mol. The molecule has 1 heterocycles. The number of hydrogen-bond acceptors (Lipinski definition) is 1. The Morgan fingerprint density at radius 2 is 1.43 bits per heavy atom. The maximum Gasteiger partial charge on any atom is 0.0500 e. The second-order valence-corrected chi connectivity index (χ2v) is 5.39. The molecule has 0 aliphatic rings. The van der Waals surface area contributed by atoms with E-state index in [1.807, 2.05) is 18.2 Å². The minimum atomic E-state index is 0.844. The molecule has 0 radical (unpaired) electrons. The van der Waals surface area contributed by atoms with Crippen LogP contribution in [0.3, 0.4) is 0 Å². The Morgan fingerprint density at radius 1 is 0.714 bits per heavy atom. The van der Waals surface area contributed by atoms with E-state index in [0.29, 0.717) is 0 Å². The maximum absolute atomic E-state index is 6.08. The smallest absolute Gasteiger partial charge is 0.0500 e. The molecule has 3 aromatic carbocycles. The highest BCUT2D eigenvalue weighted by Crippen LogP contribution is 2.29. The monoisotopic (exact) mass is 272 g/mol. The molecule has 0 bridgehead atoms. The third kappa shape index (κ3) is 1.96. The summed E-state index contributed by atoms with van der Waals surface area (Å²) < 4.78 is 0. The van der Waals surface area contributed by atoms with Gasteiger partial charge in [-0.2, -0.15) is 0 Å².